The van der Waals surface area contributed by atoms with E-state index in [1.54, 1.807) is 0 Å². The largest absolute Gasteiger partial charge is 0.394 e. The van der Waals surface area contributed by atoms with Crippen molar-refractivity contribution < 1.29 is 0 Å². The number of hydrogen-bond acceptors (Lipinski definition) is 1. The van der Waals surface area contributed by atoms with Gasteiger partial charge in [-0.3, -0.25) is 0 Å². The molecular weight excluding hydrogens is 230 g/mol. The first kappa shape index (κ1) is 18.5. The number of rotatable bonds is 15. The summed E-state index contributed by atoms with van der Waals surface area (Å²) in [5.74, 6) is 0. The maximum Gasteiger partial charge on any atom is 0.00276 e. The number of nitrogens with one attached hydrogen (secondary N) is 1. The first-order chi connectivity index (χ1) is 9.41. The van der Waals surface area contributed by atoms with Gasteiger partial charge in [0.15, 0.2) is 0 Å². The molecule has 1 nitrogen and oxygen atoms in total. The first-order valence-corrected chi connectivity index (χ1v) is 8.74. The molecular formula is C18H37N. The van der Waals surface area contributed by atoms with Gasteiger partial charge in [-0.15, -0.1) is 0 Å². The van der Waals surface area contributed by atoms with Crippen LogP contribution in [0, 0.1) is 0 Å². The van der Waals surface area contributed by atoms with Gasteiger partial charge in [-0.1, -0.05) is 90.0 Å². The molecule has 0 aliphatic carbocycles. The number of unbranched alkanes of at least 4 members (excludes halogenated alkanes) is 13. The molecule has 0 spiro atoms. The van der Waals surface area contributed by atoms with E-state index in [1.165, 1.54) is 89.9 Å². The van der Waals surface area contributed by atoms with Crippen molar-refractivity contribution in [1.82, 2.24) is 5.32 Å². The highest BCUT2D eigenvalue weighted by Gasteiger charge is 1.93. The van der Waals surface area contributed by atoms with Gasteiger partial charge in [-0.25, -0.2) is 0 Å². The summed E-state index contributed by atoms with van der Waals surface area (Å²) in [5, 5.41) is 3.03. The van der Waals surface area contributed by atoms with Crippen LogP contribution in [-0.2, 0) is 0 Å². The molecule has 1 N–H and O–H groups in total. The van der Waals surface area contributed by atoms with Crippen molar-refractivity contribution in [3.8, 4) is 0 Å². The molecule has 1 heteroatoms. The molecule has 0 rings (SSSR count). The summed E-state index contributed by atoms with van der Waals surface area (Å²) in [7, 11) is 1.96. The van der Waals surface area contributed by atoms with Gasteiger partial charge in [0, 0.05) is 7.05 Å². The topological polar surface area (TPSA) is 12.0 Å². The maximum absolute atomic E-state index is 3.03. The van der Waals surface area contributed by atoms with Crippen LogP contribution < -0.4 is 5.32 Å². The third kappa shape index (κ3) is 17.5. The lowest BCUT2D eigenvalue weighted by atomic mass is 10.0. The van der Waals surface area contributed by atoms with Crippen molar-refractivity contribution in [1.29, 1.82) is 0 Å². The summed E-state index contributed by atoms with van der Waals surface area (Å²) in [6.07, 6.45) is 24.2. The Labute approximate surface area is 122 Å². The predicted molar refractivity (Wildman–Crippen MR) is 88.5 cm³/mol. The molecule has 0 aromatic rings. The standard InChI is InChI=1S/C18H37N/c1-3-4-5-6-7-8-9-10-11-12-13-14-15-16-17-18-19-2/h17-19H,3-16H2,1-2H3/b18-17-. The fourth-order valence-electron chi connectivity index (χ4n) is 2.48. The molecule has 0 saturated carbocycles. The zero-order valence-corrected chi connectivity index (χ0v) is 13.6. The Kier molecular flexibility index (Phi) is 17.1. The minimum atomic E-state index is 1.23. The lowest BCUT2D eigenvalue weighted by molar-refractivity contribution is 0.540. The molecule has 0 aliphatic heterocycles. The van der Waals surface area contributed by atoms with Crippen LogP contribution in [-0.4, -0.2) is 7.05 Å². The van der Waals surface area contributed by atoms with E-state index in [9.17, 15) is 0 Å². The molecule has 0 amide bonds. The number of allylic oxidation sites excluding steroid dienone is 1. The molecule has 0 saturated heterocycles. The third-order valence-corrected chi connectivity index (χ3v) is 3.76. The Bertz CT molecular complexity index is 175. The minimum absolute atomic E-state index is 1.23. The summed E-state index contributed by atoms with van der Waals surface area (Å²) in [4.78, 5) is 0. The highest BCUT2D eigenvalue weighted by Crippen LogP contribution is 2.12. The molecule has 0 aliphatic rings. The van der Waals surface area contributed by atoms with Gasteiger partial charge in [-0.05, 0) is 19.0 Å². The van der Waals surface area contributed by atoms with Gasteiger partial charge < -0.3 is 5.32 Å². The SMILES string of the molecule is CCCCCCCCCCCCCCC/C=C\NC. The van der Waals surface area contributed by atoms with E-state index in [4.69, 9.17) is 0 Å². The average Bonchev–Trinajstić information content (AvgIpc) is 2.43. The van der Waals surface area contributed by atoms with Gasteiger partial charge in [0.25, 0.3) is 0 Å². The lowest BCUT2D eigenvalue weighted by Crippen LogP contribution is -1.90. The van der Waals surface area contributed by atoms with Gasteiger partial charge in [0.05, 0.1) is 0 Å². The van der Waals surface area contributed by atoms with Gasteiger partial charge in [0.1, 0.15) is 0 Å². The summed E-state index contributed by atoms with van der Waals surface area (Å²) in [6, 6.07) is 0. The number of hydrogen-bond donors (Lipinski definition) is 1. The quantitative estimate of drug-likeness (QED) is 0.348. The van der Waals surface area contributed by atoms with Crippen LogP contribution in [0.15, 0.2) is 12.3 Å². The van der Waals surface area contributed by atoms with Crippen molar-refractivity contribution in [2.75, 3.05) is 7.05 Å². The zero-order valence-electron chi connectivity index (χ0n) is 13.6. The predicted octanol–water partition coefficient (Wildman–Crippen LogP) is 6.20. The van der Waals surface area contributed by atoms with Crippen molar-refractivity contribution in [2.45, 2.75) is 96.8 Å². The van der Waals surface area contributed by atoms with Crippen LogP contribution in [0.2, 0.25) is 0 Å². The molecule has 19 heavy (non-hydrogen) atoms. The highest BCUT2D eigenvalue weighted by molar-refractivity contribution is 4.77. The van der Waals surface area contributed by atoms with E-state index < -0.39 is 0 Å². The Morgan fingerprint density at radius 1 is 0.632 bits per heavy atom. The van der Waals surface area contributed by atoms with Gasteiger partial charge in [0.2, 0.25) is 0 Å². The molecule has 0 radical (unpaired) electrons. The van der Waals surface area contributed by atoms with Gasteiger partial charge in [-0.2, -0.15) is 0 Å². The lowest BCUT2D eigenvalue weighted by Gasteiger charge is -2.02. The molecule has 0 fully saturated rings. The summed E-state index contributed by atoms with van der Waals surface area (Å²) in [5.41, 5.74) is 0. The summed E-state index contributed by atoms with van der Waals surface area (Å²) >= 11 is 0. The van der Waals surface area contributed by atoms with Crippen molar-refractivity contribution in [3.63, 3.8) is 0 Å². The van der Waals surface area contributed by atoms with Crippen LogP contribution in [0.3, 0.4) is 0 Å². The summed E-state index contributed by atoms with van der Waals surface area (Å²) < 4.78 is 0. The zero-order chi connectivity index (χ0) is 14.0. The molecule has 0 aromatic heterocycles. The maximum atomic E-state index is 3.03. The van der Waals surface area contributed by atoms with E-state index in [-0.39, 0.29) is 0 Å². The second-order valence-electron chi connectivity index (χ2n) is 5.72. The van der Waals surface area contributed by atoms with E-state index in [1.807, 2.05) is 13.2 Å². The Morgan fingerprint density at radius 2 is 1.05 bits per heavy atom. The monoisotopic (exact) mass is 267 g/mol. The molecule has 0 heterocycles. The van der Waals surface area contributed by atoms with Crippen molar-refractivity contribution in [2.24, 2.45) is 0 Å². The molecule has 114 valence electrons. The highest BCUT2D eigenvalue weighted by atomic mass is 14.8. The molecule has 0 bridgehead atoms. The Morgan fingerprint density at radius 3 is 1.47 bits per heavy atom. The summed E-state index contributed by atoms with van der Waals surface area (Å²) in [6.45, 7) is 2.29. The first-order valence-electron chi connectivity index (χ1n) is 8.74. The van der Waals surface area contributed by atoms with E-state index in [0.29, 0.717) is 0 Å². The Hall–Kier alpha value is -0.460. The van der Waals surface area contributed by atoms with Crippen LogP contribution in [0.25, 0.3) is 0 Å². The van der Waals surface area contributed by atoms with Crippen LogP contribution in [0.5, 0.6) is 0 Å². The van der Waals surface area contributed by atoms with E-state index >= 15 is 0 Å². The fraction of sp³-hybridized carbons (Fsp3) is 0.889. The average molecular weight is 268 g/mol. The van der Waals surface area contributed by atoms with Gasteiger partial charge >= 0.3 is 0 Å². The molecule has 0 atom stereocenters. The van der Waals surface area contributed by atoms with E-state index in [2.05, 4.69) is 18.3 Å². The smallest absolute Gasteiger partial charge is 0.00276 e. The van der Waals surface area contributed by atoms with Crippen molar-refractivity contribution >= 4 is 0 Å². The second-order valence-corrected chi connectivity index (χ2v) is 5.72. The van der Waals surface area contributed by atoms with Crippen molar-refractivity contribution in [3.05, 3.63) is 12.3 Å². The third-order valence-electron chi connectivity index (χ3n) is 3.76. The van der Waals surface area contributed by atoms with Crippen LogP contribution in [0.4, 0.5) is 0 Å². The molecule has 0 unspecified atom stereocenters. The fourth-order valence-corrected chi connectivity index (χ4v) is 2.48. The van der Waals surface area contributed by atoms with Crippen LogP contribution in [0.1, 0.15) is 96.8 Å². The Balaban J connectivity index is 2.93. The molecule has 0 aromatic carbocycles. The minimum Gasteiger partial charge on any atom is -0.394 e. The normalized spacial score (nSPS) is 11.3. The second kappa shape index (κ2) is 17.5. The van der Waals surface area contributed by atoms with Crippen LogP contribution >= 0.6 is 0 Å². The van der Waals surface area contributed by atoms with E-state index in [0.717, 1.165) is 0 Å².